The van der Waals surface area contributed by atoms with E-state index in [2.05, 4.69) is 5.10 Å². The molecular formula is C20H25ClN4O3S. The minimum atomic E-state index is -3.46. The second-order valence-corrected chi connectivity index (χ2v) is 10.0. The standard InChI is InChI=1S/C20H25ClN4O3S/c1-14-20(21)15(2)25(22-14)13-19(26)24-11-5-6-16-12-17(7-8-18(16)24)29(27,28)23-9-3-4-10-23/h7-8,12H,3-6,9-11,13H2,1-2H3. The second-order valence-electron chi connectivity index (χ2n) is 7.69. The van der Waals surface area contributed by atoms with Crippen molar-refractivity contribution in [1.82, 2.24) is 14.1 Å². The van der Waals surface area contributed by atoms with Crippen molar-refractivity contribution in [1.29, 1.82) is 0 Å². The van der Waals surface area contributed by atoms with Gasteiger partial charge in [0.1, 0.15) is 6.54 Å². The van der Waals surface area contributed by atoms with E-state index in [0.29, 0.717) is 35.2 Å². The molecule has 1 amide bonds. The average molecular weight is 437 g/mol. The number of nitrogens with zero attached hydrogens (tertiary/aromatic N) is 4. The van der Waals surface area contributed by atoms with Gasteiger partial charge in [0, 0.05) is 25.3 Å². The molecule has 1 fully saturated rings. The van der Waals surface area contributed by atoms with Gasteiger partial charge in [0.05, 0.1) is 21.3 Å². The molecule has 9 heteroatoms. The van der Waals surface area contributed by atoms with E-state index in [1.807, 2.05) is 13.8 Å². The van der Waals surface area contributed by atoms with E-state index in [-0.39, 0.29) is 12.5 Å². The van der Waals surface area contributed by atoms with E-state index >= 15 is 0 Å². The smallest absolute Gasteiger partial charge is 0.248 e. The molecule has 1 aromatic carbocycles. The number of fused-ring (bicyclic) bond motifs is 1. The minimum Gasteiger partial charge on any atom is -0.311 e. The number of sulfonamides is 1. The Morgan fingerprint density at radius 2 is 1.86 bits per heavy atom. The van der Waals surface area contributed by atoms with Crippen LogP contribution in [0.2, 0.25) is 5.02 Å². The molecule has 2 aromatic rings. The van der Waals surface area contributed by atoms with Crippen LogP contribution < -0.4 is 4.90 Å². The van der Waals surface area contributed by atoms with Crippen molar-refractivity contribution in [3.05, 3.63) is 40.2 Å². The van der Waals surface area contributed by atoms with E-state index in [0.717, 1.165) is 42.6 Å². The molecule has 2 aliphatic heterocycles. The van der Waals surface area contributed by atoms with Crippen LogP contribution in [-0.4, -0.2) is 48.0 Å². The van der Waals surface area contributed by atoms with Crippen LogP contribution in [0.3, 0.4) is 0 Å². The summed E-state index contributed by atoms with van der Waals surface area (Å²) in [6.07, 6.45) is 3.36. The molecule has 3 heterocycles. The highest BCUT2D eigenvalue weighted by Crippen LogP contribution is 2.31. The first kappa shape index (κ1) is 20.4. The number of amides is 1. The number of halogens is 1. The molecule has 0 spiro atoms. The maximum Gasteiger partial charge on any atom is 0.248 e. The van der Waals surface area contributed by atoms with Crippen molar-refractivity contribution < 1.29 is 13.2 Å². The Morgan fingerprint density at radius 1 is 1.14 bits per heavy atom. The van der Waals surface area contributed by atoms with Crippen LogP contribution in [0, 0.1) is 13.8 Å². The van der Waals surface area contributed by atoms with Crippen LogP contribution >= 0.6 is 11.6 Å². The Bertz CT molecular complexity index is 1060. The maximum atomic E-state index is 13.0. The largest absolute Gasteiger partial charge is 0.311 e. The van der Waals surface area contributed by atoms with Gasteiger partial charge in [-0.25, -0.2) is 8.42 Å². The minimum absolute atomic E-state index is 0.0802. The lowest BCUT2D eigenvalue weighted by Gasteiger charge is -2.30. The lowest BCUT2D eigenvalue weighted by atomic mass is 10.0. The zero-order chi connectivity index (χ0) is 20.8. The zero-order valence-electron chi connectivity index (χ0n) is 16.7. The Hall–Kier alpha value is -1.90. The number of hydrogen-bond donors (Lipinski definition) is 0. The van der Waals surface area contributed by atoms with Gasteiger partial charge in [-0.2, -0.15) is 9.40 Å². The van der Waals surface area contributed by atoms with Crippen molar-refractivity contribution in [2.45, 2.75) is 51.0 Å². The average Bonchev–Trinajstić information content (AvgIpc) is 3.33. The highest BCUT2D eigenvalue weighted by Gasteiger charge is 2.30. The molecule has 0 aliphatic carbocycles. The number of aromatic nitrogens is 2. The number of aryl methyl sites for hydroxylation is 2. The monoisotopic (exact) mass is 436 g/mol. The molecule has 156 valence electrons. The van der Waals surface area contributed by atoms with Gasteiger partial charge in [-0.15, -0.1) is 0 Å². The Kier molecular flexibility index (Phi) is 5.44. The molecule has 0 saturated carbocycles. The maximum absolute atomic E-state index is 13.0. The molecule has 0 atom stereocenters. The SMILES string of the molecule is Cc1nn(CC(=O)N2CCCc3cc(S(=O)(=O)N4CCCC4)ccc32)c(C)c1Cl. The number of carbonyl (C=O) groups excluding carboxylic acids is 1. The van der Waals surface area contributed by atoms with Crippen molar-refractivity contribution in [2.75, 3.05) is 24.5 Å². The summed E-state index contributed by atoms with van der Waals surface area (Å²) in [6.45, 7) is 5.53. The van der Waals surface area contributed by atoms with E-state index in [1.54, 1.807) is 32.1 Å². The van der Waals surface area contributed by atoms with Gasteiger partial charge in [0.25, 0.3) is 0 Å². The summed E-state index contributed by atoms with van der Waals surface area (Å²) >= 11 is 6.19. The lowest BCUT2D eigenvalue weighted by molar-refractivity contribution is -0.119. The Morgan fingerprint density at radius 3 is 2.52 bits per heavy atom. The number of hydrogen-bond acceptors (Lipinski definition) is 4. The van der Waals surface area contributed by atoms with Crippen LogP contribution in [0.5, 0.6) is 0 Å². The van der Waals surface area contributed by atoms with Gasteiger partial charge in [-0.05, 0) is 63.3 Å². The number of carbonyl (C=O) groups is 1. The van der Waals surface area contributed by atoms with E-state index in [1.165, 1.54) is 0 Å². The van der Waals surface area contributed by atoms with E-state index in [4.69, 9.17) is 11.6 Å². The normalized spacial score (nSPS) is 17.6. The molecule has 0 N–H and O–H groups in total. The fourth-order valence-corrected chi connectivity index (χ4v) is 5.82. The molecule has 4 rings (SSSR count). The predicted molar refractivity (Wildman–Crippen MR) is 112 cm³/mol. The van der Waals surface area contributed by atoms with E-state index < -0.39 is 10.0 Å². The van der Waals surface area contributed by atoms with Gasteiger partial charge in [0.2, 0.25) is 15.9 Å². The summed E-state index contributed by atoms with van der Waals surface area (Å²) < 4.78 is 28.9. The molecule has 0 bridgehead atoms. The van der Waals surface area contributed by atoms with Gasteiger partial charge < -0.3 is 4.90 Å². The third kappa shape index (κ3) is 3.69. The van der Waals surface area contributed by atoms with Gasteiger partial charge >= 0.3 is 0 Å². The third-order valence-corrected chi connectivity index (χ3v) is 8.19. The molecule has 7 nitrogen and oxygen atoms in total. The molecule has 0 radical (unpaired) electrons. The first-order valence-corrected chi connectivity index (χ1v) is 11.7. The van der Waals surface area contributed by atoms with Crippen LogP contribution in [0.1, 0.15) is 36.2 Å². The van der Waals surface area contributed by atoms with Crippen LogP contribution in [0.15, 0.2) is 23.1 Å². The molecular weight excluding hydrogens is 412 g/mol. The first-order valence-electron chi connectivity index (χ1n) is 9.92. The van der Waals surface area contributed by atoms with Crippen LogP contribution in [0.4, 0.5) is 5.69 Å². The van der Waals surface area contributed by atoms with Crippen molar-refractivity contribution in [3.8, 4) is 0 Å². The third-order valence-electron chi connectivity index (χ3n) is 5.75. The number of rotatable bonds is 4. The quantitative estimate of drug-likeness (QED) is 0.738. The lowest BCUT2D eigenvalue weighted by Crippen LogP contribution is -2.38. The van der Waals surface area contributed by atoms with Gasteiger partial charge in [-0.1, -0.05) is 11.6 Å². The molecule has 1 saturated heterocycles. The summed E-state index contributed by atoms with van der Waals surface area (Å²) in [5.74, 6) is -0.0802. The summed E-state index contributed by atoms with van der Waals surface area (Å²) in [5.41, 5.74) is 3.15. The molecule has 0 unspecified atom stereocenters. The van der Waals surface area contributed by atoms with Crippen LogP contribution in [0.25, 0.3) is 0 Å². The van der Waals surface area contributed by atoms with Gasteiger partial charge in [-0.3, -0.25) is 9.48 Å². The summed E-state index contributed by atoms with van der Waals surface area (Å²) in [6, 6.07) is 5.13. The fourth-order valence-electron chi connectivity index (χ4n) is 4.11. The second kappa shape index (κ2) is 7.74. The summed E-state index contributed by atoms with van der Waals surface area (Å²) in [7, 11) is -3.46. The fraction of sp³-hybridized carbons (Fsp3) is 0.500. The van der Waals surface area contributed by atoms with Crippen molar-refractivity contribution in [2.24, 2.45) is 0 Å². The summed E-state index contributed by atoms with van der Waals surface area (Å²) in [5, 5.41) is 4.92. The highest BCUT2D eigenvalue weighted by molar-refractivity contribution is 7.89. The summed E-state index contributed by atoms with van der Waals surface area (Å²) in [4.78, 5) is 15.0. The first-order chi connectivity index (χ1) is 13.8. The Balaban J connectivity index is 1.60. The van der Waals surface area contributed by atoms with Crippen molar-refractivity contribution in [3.63, 3.8) is 0 Å². The Labute approximate surface area is 176 Å². The molecule has 2 aliphatic rings. The molecule has 29 heavy (non-hydrogen) atoms. The molecule has 1 aromatic heterocycles. The van der Waals surface area contributed by atoms with E-state index in [9.17, 15) is 13.2 Å². The number of anilines is 1. The van der Waals surface area contributed by atoms with Crippen LogP contribution in [-0.2, 0) is 27.8 Å². The number of benzene rings is 1. The van der Waals surface area contributed by atoms with Gasteiger partial charge in [0.15, 0.2) is 0 Å². The zero-order valence-corrected chi connectivity index (χ0v) is 18.3. The highest BCUT2D eigenvalue weighted by atomic mass is 35.5. The predicted octanol–water partition coefficient (Wildman–Crippen LogP) is 2.92. The topological polar surface area (TPSA) is 75.5 Å². The van der Waals surface area contributed by atoms with Crippen molar-refractivity contribution >= 4 is 33.2 Å².